The van der Waals surface area contributed by atoms with Gasteiger partial charge in [0.15, 0.2) is 0 Å². The smallest absolute Gasteiger partial charge is 0.146 e. The number of aryl methyl sites for hydroxylation is 1. The van der Waals surface area contributed by atoms with Gasteiger partial charge < -0.3 is 15.8 Å². The van der Waals surface area contributed by atoms with Crippen molar-refractivity contribution in [2.75, 3.05) is 5.32 Å². The van der Waals surface area contributed by atoms with E-state index in [1.54, 1.807) is 17.4 Å². The third-order valence-corrected chi connectivity index (χ3v) is 4.70. The zero-order valence-electron chi connectivity index (χ0n) is 11.9. The molecule has 0 bridgehead atoms. The Bertz CT molecular complexity index is 628. The number of rotatable bonds is 4. The molecule has 0 saturated heterocycles. The van der Waals surface area contributed by atoms with Gasteiger partial charge >= 0.3 is 0 Å². The zero-order valence-corrected chi connectivity index (χ0v) is 12.8. The van der Waals surface area contributed by atoms with Crippen LogP contribution in [0.1, 0.15) is 24.1 Å². The minimum Gasteiger partial charge on any atom is -0.487 e. The quantitative estimate of drug-likeness (QED) is 0.890. The summed E-state index contributed by atoms with van der Waals surface area (Å²) in [6.07, 6.45) is 2.92. The maximum absolute atomic E-state index is 13.5. The molecule has 1 fully saturated rings. The molecule has 112 valence electrons. The summed E-state index contributed by atoms with van der Waals surface area (Å²) >= 11 is 1.67. The topological polar surface area (TPSA) is 47.3 Å². The Morgan fingerprint density at radius 3 is 2.81 bits per heavy atom. The summed E-state index contributed by atoms with van der Waals surface area (Å²) in [7, 11) is 0. The van der Waals surface area contributed by atoms with Gasteiger partial charge in [0.2, 0.25) is 0 Å². The van der Waals surface area contributed by atoms with Crippen molar-refractivity contribution in [3.05, 3.63) is 40.3 Å². The molecule has 1 aromatic carbocycles. The van der Waals surface area contributed by atoms with E-state index < -0.39 is 0 Å². The van der Waals surface area contributed by atoms with Crippen LogP contribution in [0.4, 0.5) is 15.8 Å². The number of ether oxygens (including phenoxy) is 1. The van der Waals surface area contributed by atoms with Crippen LogP contribution in [0, 0.1) is 12.7 Å². The molecule has 3 N–H and O–H groups in total. The van der Waals surface area contributed by atoms with Crippen LogP contribution in [-0.4, -0.2) is 12.1 Å². The molecule has 1 aliphatic carbocycles. The molecule has 1 saturated carbocycles. The Hall–Kier alpha value is -1.59. The van der Waals surface area contributed by atoms with E-state index in [-0.39, 0.29) is 18.0 Å². The van der Waals surface area contributed by atoms with E-state index in [4.69, 9.17) is 10.5 Å². The molecule has 2 aromatic rings. The monoisotopic (exact) mass is 306 g/mol. The molecule has 1 aliphatic rings. The van der Waals surface area contributed by atoms with Crippen molar-refractivity contribution in [2.24, 2.45) is 5.73 Å². The molecule has 0 radical (unpaired) electrons. The summed E-state index contributed by atoms with van der Waals surface area (Å²) in [4.78, 5) is 1.18. The molecule has 5 heteroatoms. The minimum atomic E-state index is -0.302. The molecule has 3 nitrogen and oxygen atoms in total. The molecule has 1 heterocycles. The predicted octanol–water partition coefficient (Wildman–Crippen LogP) is 4.20. The van der Waals surface area contributed by atoms with Crippen LogP contribution in [-0.2, 0) is 0 Å². The number of thiophene rings is 1. The average molecular weight is 306 g/mol. The highest BCUT2D eigenvalue weighted by molar-refractivity contribution is 7.10. The van der Waals surface area contributed by atoms with E-state index in [0.717, 1.165) is 30.6 Å². The second-order valence-corrected chi connectivity index (χ2v) is 6.53. The van der Waals surface area contributed by atoms with Gasteiger partial charge in [0, 0.05) is 17.0 Å². The van der Waals surface area contributed by atoms with Gasteiger partial charge in [0.1, 0.15) is 17.7 Å². The summed E-state index contributed by atoms with van der Waals surface area (Å²) in [5.74, 6) is 0.229. The van der Waals surface area contributed by atoms with Crippen molar-refractivity contribution in [1.29, 1.82) is 0 Å². The normalized spacial score (nSPS) is 21.5. The molecule has 2 atom stereocenters. The second kappa shape index (κ2) is 6.03. The van der Waals surface area contributed by atoms with Crippen molar-refractivity contribution in [3.63, 3.8) is 0 Å². The highest BCUT2D eigenvalue weighted by Gasteiger charge is 2.26. The van der Waals surface area contributed by atoms with Crippen LogP contribution in [0.2, 0.25) is 0 Å². The fraction of sp³-hybridized carbons (Fsp3) is 0.375. The van der Waals surface area contributed by atoms with E-state index in [1.165, 1.54) is 17.0 Å². The second-order valence-electron chi connectivity index (χ2n) is 5.41. The number of anilines is 2. The first-order valence-corrected chi connectivity index (χ1v) is 8.04. The van der Waals surface area contributed by atoms with Crippen molar-refractivity contribution < 1.29 is 9.13 Å². The molecular formula is C16H19FN2OS. The SMILES string of the molecule is Cc1sccc1Nc1ccc(F)cc1O[C@H]1CCC[C@@H]1N. The highest BCUT2D eigenvalue weighted by atomic mass is 32.1. The molecule has 0 unspecified atom stereocenters. The number of hydrogen-bond acceptors (Lipinski definition) is 4. The highest BCUT2D eigenvalue weighted by Crippen LogP contribution is 2.34. The van der Waals surface area contributed by atoms with E-state index in [0.29, 0.717) is 5.75 Å². The van der Waals surface area contributed by atoms with Gasteiger partial charge in [-0.2, -0.15) is 0 Å². The molecule has 0 aliphatic heterocycles. The fourth-order valence-corrected chi connectivity index (χ4v) is 3.28. The van der Waals surface area contributed by atoms with E-state index >= 15 is 0 Å². The van der Waals surface area contributed by atoms with Gasteiger partial charge in [-0.25, -0.2) is 4.39 Å². The first kappa shape index (κ1) is 14.4. The summed E-state index contributed by atoms with van der Waals surface area (Å²) in [6, 6.07) is 6.61. The van der Waals surface area contributed by atoms with Crippen molar-refractivity contribution >= 4 is 22.7 Å². The average Bonchev–Trinajstić information content (AvgIpc) is 3.03. The Labute approximate surface area is 127 Å². The standard InChI is InChI=1S/C16H19FN2OS/c1-10-13(7-8-21-10)19-14-6-5-11(17)9-16(14)20-15-4-2-3-12(15)18/h5-9,12,15,19H,2-4,18H2,1H3/t12-,15-/m0/s1. The Morgan fingerprint density at radius 2 is 2.14 bits per heavy atom. The summed E-state index contributed by atoms with van der Waals surface area (Å²) in [6.45, 7) is 2.05. The number of hydrogen-bond donors (Lipinski definition) is 2. The largest absolute Gasteiger partial charge is 0.487 e. The maximum Gasteiger partial charge on any atom is 0.146 e. The molecule has 1 aromatic heterocycles. The molecule has 21 heavy (non-hydrogen) atoms. The lowest BCUT2D eigenvalue weighted by atomic mass is 10.2. The van der Waals surface area contributed by atoms with Gasteiger partial charge in [-0.05, 0) is 49.8 Å². The lowest BCUT2D eigenvalue weighted by Gasteiger charge is -2.20. The molecule has 0 spiro atoms. The molecular weight excluding hydrogens is 287 g/mol. The van der Waals surface area contributed by atoms with E-state index in [1.807, 2.05) is 18.4 Å². The van der Waals surface area contributed by atoms with Crippen LogP contribution in [0.5, 0.6) is 5.75 Å². The van der Waals surface area contributed by atoms with Gasteiger partial charge in [0.25, 0.3) is 0 Å². The van der Waals surface area contributed by atoms with Gasteiger partial charge in [-0.15, -0.1) is 11.3 Å². The van der Waals surface area contributed by atoms with Crippen LogP contribution in [0.15, 0.2) is 29.6 Å². The van der Waals surface area contributed by atoms with Gasteiger partial charge in [-0.3, -0.25) is 0 Å². The third kappa shape index (κ3) is 3.19. The maximum atomic E-state index is 13.5. The van der Waals surface area contributed by atoms with Crippen LogP contribution in [0.3, 0.4) is 0 Å². The lowest BCUT2D eigenvalue weighted by Crippen LogP contribution is -2.33. The predicted molar refractivity (Wildman–Crippen MR) is 85.0 cm³/mol. The number of nitrogens with two attached hydrogens (primary N) is 1. The first-order chi connectivity index (χ1) is 10.1. The summed E-state index contributed by atoms with van der Waals surface area (Å²) in [5.41, 5.74) is 7.83. The van der Waals surface area contributed by atoms with Crippen LogP contribution in [0.25, 0.3) is 0 Å². The lowest BCUT2D eigenvalue weighted by molar-refractivity contribution is 0.192. The van der Waals surface area contributed by atoms with Gasteiger partial charge in [-0.1, -0.05) is 0 Å². The van der Waals surface area contributed by atoms with E-state index in [9.17, 15) is 4.39 Å². The number of halogens is 1. The Balaban J connectivity index is 1.84. The Morgan fingerprint density at radius 1 is 1.29 bits per heavy atom. The third-order valence-electron chi connectivity index (χ3n) is 3.85. The van der Waals surface area contributed by atoms with Crippen molar-refractivity contribution in [3.8, 4) is 5.75 Å². The fourth-order valence-electron chi connectivity index (χ4n) is 2.62. The molecule has 3 rings (SSSR count). The first-order valence-electron chi connectivity index (χ1n) is 7.16. The van der Waals surface area contributed by atoms with E-state index in [2.05, 4.69) is 5.32 Å². The van der Waals surface area contributed by atoms with Crippen LogP contribution >= 0.6 is 11.3 Å². The Kier molecular flexibility index (Phi) is 4.12. The van der Waals surface area contributed by atoms with Crippen LogP contribution < -0.4 is 15.8 Å². The summed E-state index contributed by atoms with van der Waals surface area (Å²) in [5, 5.41) is 5.34. The van der Waals surface area contributed by atoms with Crippen molar-refractivity contribution in [1.82, 2.24) is 0 Å². The number of nitrogens with one attached hydrogen (secondary N) is 1. The summed E-state index contributed by atoms with van der Waals surface area (Å²) < 4.78 is 19.5. The van der Waals surface area contributed by atoms with Gasteiger partial charge in [0.05, 0.1) is 11.4 Å². The zero-order chi connectivity index (χ0) is 14.8. The number of benzene rings is 1. The minimum absolute atomic E-state index is 0.0315. The molecule has 0 amide bonds. The van der Waals surface area contributed by atoms with Crippen molar-refractivity contribution in [2.45, 2.75) is 38.3 Å².